The number of nitrogens with two attached hydrogens (primary N) is 3. The highest BCUT2D eigenvalue weighted by molar-refractivity contribution is 5.95. The van der Waals surface area contributed by atoms with Crippen molar-refractivity contribution in [2.24, 2.45) is 17.2 Å². The zero-order valence-electron chi connectivity index (χ0n) is 23.6. The number of hydrogen-bond acceptors (Lipinski definition) is 8. The summed E-state index contributed by atoms with van der Waals surface area (Å²) in [5, 5.41) is 27.2. The first-order valence-corrected chi connectivity index (χ1v) is 14.1. The topological polar surface area (TPSA) is 256 Å². The molecule has 0 fully saturated rings. The minimum Gasteiger partial charge on any atom is -0.481 e. The molecule has 0 radical (unpaired) electrons. The number of H-pyrrole nitrogens is 1. The van der Waals surface area contributed by atoms with Crippen molar-refractivity contribution in [3.8, 4) is 0 Å². The van der Waals surface area contributed by atoms with Gasteiger partial charge in [0, 0.05) is 29.9 Å². The molecular formula is C28H43N7O7. The predicted octanol–water partition coefficient (Wildman–Crippen LogP) is -0.300. The number of unbranched alkanes of at least 4 members (excludes halogenated alkanes) is 2. The lowest BCUT2D eigenvalue weighted by atomic mass is 10.0. The number of carboxylic acids is 2. The zero-order chi connectivity index (χ0) is 31.1. The van der Waals surface area contributed by atoms with Gasteiger partial charge in [0.05, 0.1) is 6.04 Å². The molecule has 42 heavy (non-hydrogen) atoms. The largest absolute Gasteiger partial charge is 0.481 e. The fourth-order valence-electron chi connectivity index (χ4n) is 4.48. The normalized spacial score (nSPS) is 14.0. The van der Waals surface area contributed by atoms with Crippen molar-refractivity contribution < 1.29 is 34.2 Å². The maximum atomic E-state index is 13.6. The van der Waals surface area contributed by atoms with E-state index in [0.717, 1.165) is 16.5 Å². The Morgan fingerprint density at radius 3 is 2.00 bits per heavy atom. The number of carboxylic acid groups (broad SMARTS) is 2. The van der Waals surface area contributed by atoms with Crippen LogP contribution < -0.4 is 33.2 Å². The number of benzene rings is 1. The van der Waals surface area contributed by atoms with Gasteiger partial charge in [-0.2, -0.15) is 0 Å². The molecule has 0 saturated carbocycles. The van der Waals surface area contributed by atoms with Gasteiger partial charge in [-0.15, -0.1) is 0 Å². The van der Waals surface area contributed by atoms with Gasteiger partial charge in [-0.05, 0) is 63.2 Å². The van der Waals surface area contributed by atoms with E-state index >= 15 is 0 Å². The molecule has 2 aromatic rings. The van der Waals surface area contributed by atoms with E-state index in [2.05, 4.69) is 20.9 Å². The molecule has 0 saturated heterocycles. The number of rotatable bonds is 20. The fraction of sp³-hybridized carbons (Fsp3) is 0.536. The molecule has 0 bridgehead atoms. The molecule has 14 nitrogen and oxygen atoms in total. The SMILES string of the molecule is NCCCCC(N)C(=O)NC(Cc1c[nH]c2ccccc12)C(=O)NC(CCC(=O)O)C(=O)NC(CCCCN)C(=O)O. The molecule has 0 spiro atoms. The first kappa shape index (κ1) is 34.2. The Balaban J connectivity index is 2.27. The molecule has 4 unspecified atom stereocenters. The molecule has 4 atom stereocenters. The van der Waals surface area contributed by atoms with Crippen molar-refractivity contribution in [2.75, 3.05) is 13.1 Å². The molecular weight excluding hydrogens is 546 g/mol. The fourth-order valence-corrected chi connectivity index (χ4v) is 4.48. The summed E-state index contributed by atoms with van der Waals surface area (Å²) < 4.78 is 0. The third-order valence-electron chi connectivity index (χ3n) is 6.88. The molecule has 1 aromatic heterocycles. The van der Waals surface area contributed by atoms with Crippen LogP contribution in [0.2, 0.25) is 0 Å². The first-order chi connectivity index (χ1) is 20.1. The highest BCUT2D eigenvalue weighted by Gasteiger charge is 2.31. The molecule has 232 valence electrons. The van der Waals surface area contributed by atoms with E-state index in [9.17, 15) is 34.2 Å². The van der Waals surface area contributed by atoms with Crippen LogP contribution in [0.4, 0.5) is 0 Å². The van der Waals surface area contributed by atoms with Crippen LogP contribution in [0.3, 0.4) is 0 Å². The standard InChI is InChI=1S/C28H43N7O7/c29-13-5-3-8-19(31)25(38)35-23(15-17-16-32-20-9-2-1-7-18(17)20)27(40)33-21(11-12-24(36)37)26(39)34-22(28(41)42)10-4-6-14-30/h1-2,7,9,16,19,21-23,32H,3-6,8,10-15,29-31H2,(H,33,40)(H,34,39)(H,35,38)(H,36,37)(H,41,42). The second-order valence-electron chi connectivity index (χ2n) is 10.2. The maximum absolute atomic E-state index is 13.6. The molecule has 3 amide bonds. The minimum atomic E-state index is -1.37. The summed E-state index contributed by atoms with van der Waals surface area (Å²) in [6.07, 6.45) is 3.78. The minimum absolute atomic E-state index is 0.0429. The quantitative estimate of drug-likeness (QED) is 0.0911. The van der Waals surface area contributed by atoms with Gasteiger partial charge >= 0.3 is 11.9 Å². The van der Waals surface area contributed by atoms with Crippen molar-refractivity contribution in [1.82, 2.24) is 20.9 Å². The summed E-state index contributed by atoms with van der Waals surface area (Å²) in [5.41, 5.74) is 18.6. The molecule has 0 aliphatic rings. The Labute approximate surface area is 244 Å². The Morgan fingerprint density at radius 1 is 0.762 bits per heavy atom. The lowest BCUT2D eigenvalue weighted by Crippen LogP contribution is -2.57. The van der Waals surface area contributed by atoms with E-state index in [1.165, 1.54) is 0 Å². The molecule has 0 aliphatic heterocycles. The van der Waals surface area contributed by atoms with Gasteiger partial charge < -0.3 is 48.3 Å². The summed E-state index contributed by atoms with van der Waals surface area (Å²) >= 11 is 0. The van der Waals surface area contributed by atoms with Gasteiger partial charge in [0.25, 0.3) is 0 Å². The summed E-state index contributed by atoms with van der Waals surface area (Å²) in [6.45, 7) is 0.813. The smallest absolute Gasteiger partial charge is 0.326 e. The summed E-state index contributed by atoms with van der Waals surface area (Å²) in [7, 11) is 0. The Kier molecular flexibility index (Phi) is 14.4. The van der Waals surface area contributed by atoms with Crippen molar-refractivity contribution in [1.29, 1.82) is 0 Å². The van der Waals surface area contributed by atoms with Crippen LogP contribution in [0.5, 0.6) is 0 Å². The summed E-state index contributed by atoms with van der Waals surface area (Å²) in [4.78, 5) is 65.7. The Bertz CT molecular complexity index is 1200. The Morgan fingerprint density at radius 2 is 1.36 bits per heavy atom. The number of fused-ring (bicyclic) bond motifs is 1. The first-order valence-electron chi connectivity index (χ1n) is 14.1. The van der Waals surface area contributed by atoms with Gasteiger partial charge in [-0.25, -0.2) is 4.79 Å². The number of nitrogens with one attached hydrogen (secondary N) is 4. The van der Waals surface area contributed by atoms with Gasteiger partial charge in [-0.3, -0.25) is 19.2 Å². The van der Waals surface area contributed by atoms with Gasteiger partial charge in [0.2, 0.25) is 17.7 Å². The predicted molar refractivity (Wildman–Crippen MR) is 156 cm³/mol. The number of amides is 3. The number of aliphatic carboxylic acids is 2. The van der Waals surface area contributed by atoms with Crippen molar-refractivity contribution in [3.63, 3.8) is 0 Å². The number of hydrogen-bond donors (Lipinski definition) is 9. The van der Waals surface area contributed by atoms with E-state index in [1.807, 2.05) is 24.3 Å². The van der Waals surface area contributed by atoms with Crippen LogP contribution in [0.25, 0.3) is 10.9 Å². The molecule has 0 aliphatic carbocycles. The monoisotopic (exact) mass is 589 g/mol. The third-order valence-corrected chi connectivity index (χ3v) is 6.88. The van der Waals surface area contributed by atoms with Crippen LogP contribution in [0.15, 0.2) is 30.5 Å². The van der Waals surface area contributed by atoms with E-state index in [1.54, 1.807) is 6.20 Å². The lowest BCUT2D eigenvalue weighted by Gasteiger charge is -2.25. The number of aromatic nitrogens is 1. The summed E-state index contributed by atoms with van der Waals surface area (Å²) in [6, 6.07) is 2.71. The van der Waals surface area contributed by atoms with Crippen LogP contribution in [0, 0.1) is 0 Å². The molecule has 12 N–H and O–H groups in total. The van der Waals surface area contributed by atoms with E-state index in [-0.39, 0.29) is 19.3 Å². The number of carbonyl (C=O) groups excluding carboxylic acids is 3. The van der Waals surface area contributed by atoms with Crippen molar-refractivity contribution in [3.05, 3.63) is 36.0 Å². The van der Waals surface area contributed by atoms with Gasteiger partial charge in [0.15, 0.2) is 0 Å². The maximum Gasteiger partial charge on any atom is 0.326 e. The third kappa shape index (κ3) is 11.1. The average molecular weight is 590 g/mol. The van der Waals surface area contributed by atoms with E-state index in [0.29, 0.717) is 45.2 Å². The number of aromatic amines is 1. The lowest BCUT2D eigenvalue weighted by molar-refractivity contribution is -0.143. The molecule has 1 heterocycles. The van der Waals surface area contributed by atoms with Crippen molar-refractivity contribution in [2.45, 2.75) is 82.0 Å². The van der Waals surface area contributed by atoms with Crippen LogP contribution in [-0.2, 0) is 30.4 Å². The van der Waals surface area contributed by atoms with Gasteiger partial charge in [0.1, 0.15) is 18.1 Å². The molecule has 2 rings (SSSR count). The zero-order valence-corrected chi connectivity index (χ0v) is 23.6. The van der Waals surface area contributed by atoms with Crippen LogP contribution >= 0.6 is 0 Å². The highest BCUT2D eigenvalue weighted by atomic mass is 16.4. The highest BCUT2D eigenvalue weighted by Crippen LogP contribution is 2.19. The molecule has 1 aromatic carbocycles. The number of para-hydroxylation sites is 1. The number of carbonyl (C=O) groups is 5. The van der Waals surface area contributed by atoms with Crippen LogP contribution in [0.1, 0.15) is 56.9 Å². The van der Waals surface area contributed by atoms with Crippen molar-refractivity contribution >= 4 is 40.6 Å². The Hall–Kier alpha value is -4.01. The second-order valence-corrected chi connectivity index (χ2v) is 10.2. The summed E-state index contributed by atoms with van der Waals surface area (Å²) in [5.74, 6) is -4.63. The average Bonchev–Trinajstić information content (AvgIpc) is 3.36. The second kappa shape index (κ2) is 17.7. The van der Waals surface area contributed by atoms with E-state index in [4.69, 9.17) is 17.2 Å². The van der Waals surface area contributed by atoms with Gasteiger partial charge in [-0.1, -0.05) is 24.6 Å². The van der Waals surface area contributed by atoms with E-state index < -0.39 is 60.2 Å². The van der Waals surface area contributed by atoms with Crippen LogP contribution in [-0.4, -0.2) is 82.1 Å². The molecule has 14 heteroatoms.